The molecule has 0 atom stereocenters. The Kier molecular flexibility index (Phi) is 8.00. The summed E-state index contributed by atoms with van der Waals surface area (Å²) in [7, 11) is 1.49. The predicted octanol–water partition coefficient (Wildman–Crippen LogP) is 5.38. The molecule has 4 aromatic rings. The van der Waals surface area contributed by atoms with Crippen molar-refractivity contribution in [2.24, 2.45) is 0 Å². The minimum absolute atomic E-state index is 0.0612. The highest BCUT2D eigenvalue weighted by Gasteiger charge is 2.33. The third kappa shape index (κ3) is 6.21. The van der Waals surface area contributed by atoms with Crippen molar-refractivity contribution in [3.8, 4) is 5.75 Å². The van der Waals surface area contributed by atoms with Crippen molar-refractivity contribution >= 4 is 51.8 Å². The number of aromatic nitrogens is 4. The van der Waals surface area contributed by atoms with Crippen molar-refractivity contribution in [3.05, 3.63) is 69.7 Å². The maximum atomic E-state index is 13.3. The Morgan fingerprint density at radius 1 is 1.16 bits per heavy atom. The van der Waals surface area contributed by atoms with Crippen LogP contribution < -0.4 is 15.4 Å². The van der Waals surface area contributed by atoms with Gasteiger partial charge in [-0.1, -0.05) is 23.2 Å². The number of methoxy groups -OCH3 is 1. The van der Waals surface area contributed by atoms with Gasteiger partial charge in [0.05, 0.1) is 56.7 Å². The van der Waals surface area contributed by atoms with Gasteiger partial charge in [0.15, 0.2) is 0 Å². The average molecular weight is 555 g/mol. The Balaban J connectivity index is 1.63. The van der Waals surface area contributed by atoms with E-state index in [0.29, 0.717) is 16.7 Å². The number of ether oxygens (including phenoxy) is 2. The van der Waals surface area contributed by atoms with Gasteiger partial charge in [-0.05, 0) is 18.2 Å². The van der Waals surface area contributed by atoms with Crippen LogP contribution in [0.15, 0.2) is 42.9 Å². The van der Waals surface area contributed by atoms with E-state index in [2.05, 4.69) is 30.6 Å². The lowest BCUT2D eigenvalue weighted by molar-refractivity contribution is -0.138. The first-order valence-corrected chi connectivity index (χ1v) is 11.4. The fraction of sp³-hybridized carbons (Fsp3) is 0.217. The fourth-order valence-corrected chi connectivity index (χ4v) is 3.83. The number of amides is 1. The summed E-state index contributed by atoms with van der Waals surface area (Å²) in [4.78, 5) is 28.1. The van der Waals surface area contributed by atoms with Crippen LogP contribution >= 0.6 is 23.2 Å². The number of aromatic amines is 1. The normalized spacial score (nSPS) is 11.5. The molecule has 1 amide bonds. The van der Waals surface area contributed by atoms with Crippen molar-refractivity contribution < 1.29 is 27.4 Å². The molecule has 3 N–H and O–H groups in total. The summed E-state index contributed by atoms with van der Waals surface area (Å²) in [6, 6.07) is 5.09. The smallest absolute Gasteiger partial charge is 0.418 e. The molecule has 0 bridgehead atoms. The largest absolute Gasteiger partial charge is 0.490 e. The zero-order valence-corrected chi connectivity index (χ0v) is 20.6. The van der Waals surface area contributed by atoms with Crippen molar-refractivity contribution in [1.82, 2.24) is 25.3 Å². The third-order valence-corrected chi connectivity index (χ3v) is 5.65. The second kappa shape index (κ2) is 11.2. The minimum Gasteiger partial charge on any atom is -0.490 e. The number of halogens is 5. The molecule has 3 heterocycles. The molecule has 1 aromatic carbocycles. The molecule has 0 aliphatic heterocycles. The standard InChI is InChI=1S/C23H19Cl2F3N6O3/c1-36-5-6-37-19-8-17-16(32-22(33-17)34-20-14(24)9-29-10-15(20)25)7-12(19)21(35)31-11-18-13(23(26,27)28)3-2-4-30-18/h2-4,7-10H,5-6,11H2,1H3,(H,31,35)(H2,29,32,33,34). The van der Waals surface area contributed by atoms with Gasteiger partial charge in [0.1, 0.15) is 12.4 Å². The summed E-state index contributed by atoms with van der Waals surface area (Å²) in [6.45, 7) is -0.0739. The molecule has 37 heavy (non-hydrogen) atoms. The van der Waals surface area contributed by atoms with Crippen LogP contribution in [0.3, 0.4) is 0 Å². The lowest BCUT2D eigenvalue weighted by Crippen LogP contribution is -2.26. The van der Waals surface area contributed by atoms with Crippen LogP contribution in [-0.4, -0.2) is 46.2 Å². The first kappa shape index (κ1) is 26.5. The number of nitrogens with one attached hydrogen (secondary N) is 3. The topological polar surface area (TPSA) is 114 Å². The number of carbonyl (C=O) groups excluding carboxylic acids is 1. The summed E-state index contributed by atoms with van der Waals surface area (Å²) in [5, 5.41) is 5.98. The number of rotatable bonds is 9. The zero-order chi connectivity index (χ0) is 26.6. The molecule has 0 spiro atoms. The van der Waals surface area contributed by atoms with Gasteiger partial charge >= 0.3 is 6.18 Å². The number of fused-ring (bicyclic) bond motifs is 1. The van der Waals surface area contributed by atoms with Crippen LogP contribution in [0.25, 0.3) is 11.0 Å². The molecule has 14 heteroatoms. The SMILES string of the molecule is COCCOc1cc2[nH]c(Nc3c(Cl)cncc3Cl)nc2cc1C(=O)NCc1ncccc1C(F)(F)F. The first-order chi connectivity index (χ1) is 17.7. The van der Waals surface area contributed by atoms with E-state index in [4.69, 9.17) is 32.7 Å². The summed E-state index contributed by atoms with van der Waals surface area (Å²) in [5.74, 6) is -0.228. The van der Waals surface area contributed by atoms with Crippen LogP contribution in [0, 0.1) is 0 Å². The highest BCUT2D eigenvalue weighted by molar-refractivity contribution is 6.39. The number of imidazole rings is 1. The number of nitrogens with zero attached hydrogens (tertiary/aromatic N) is 3. The summed E-state index contributed by atoms with van der Waals surface area (Å²) >= 11 is 12.3. The Labute approximate surface area is 218 Å². The molecule has 0 fully saturated rings. The van der Waals surface area contributed by atoms with E-state index < -0.39 is 24.2 Å². The molecule has 9 nitrogen and oxygen atoms in total. The maximum Gasteiger partial charge on any atom is 0.418 e. The Bertz CT molecular complexity index is 1410. The average Bonchev–Trinajstić information content (AvgIpc) is 3.25. The van der Waals surface area contributed by atoms with Gasteiger partial charge in [-0.3, -0.25) is 14.8 Å². The van der Waals surface area contributed by atoms with E-state index in [1.54, 1.807) is 6.07 Å². The molecule has 4 rings (SSSR count). The van der Waals surface area contributed by atoms with Crippen LogP contribution in [0.4, 0.5) is 24.8 Å². The number of carbonyl (C=O) groups is 1. The molecule has 0 aliphatic rings. The van der Waals surface area contributed by atoms with Crippen LogP contribution in [0.5, 0.6) is 5.75 Å². The van der Waals surface area contributed by atoms with E-state index in [9.17, 15) is 18.0 Å². The van der Waals surface area contributed by atoms with Gasteiger partial charge in [-0.2, -0.15) is 13.2 Å². The van der Waals surface area contributed by atoms with E-state index in [0.717, 1.165) is 6.07 Å². The minimum atomic E-state index is -4.61. The monoisotopic (exact) mass is 554 g/mol. The number of alkyl halides is 3. The Morgan fingerprint density at radius 2 is 1.92 bits per heavy atom. The summed E-state index contributed by atoms with van der Waals surface area (Å²) < 4.78 is 50.6. The molecule has 0 radical (unpaired) electrons. The number of benzene rings is 1. The molecule has 3 aromatic heterocycles. The number of anilines is 2. The van der Waals surface area contributed by atoms with E-state index >= 15 is 0 Å². The maximum absolute atomic E-state index is 13.3. The molecule has 0 saturated carbocycles. The van der Waals surface area contributed by atoms with Crippen molar-refractivity contribution in [2.45, 2.75) is 12.7 Å². The molecule has 194 valence electrons. The lowest BCUT2D eigenvalue weighted by atomic mass is 10.1. The Morgan fingerprint density at radius 3 is 2.62 bits per heavy atom. The van der Waals surface area contributed by atoms with Crippen molar-refractivity contribution in [2.75, 3.05) is 25.6 Å². The quantitative estimate of drug-likeness (QED) is 0.238. The summed E-state index contributed by atoms with van der Waals surface area (Å²) in [6.07, 6.45) is -0.564. The predicted molar refractivity (Wildman–Crippen MR) is 131 cm³/mol. The molecular formula is C23H19Cl2F3N6O3. The van der Waals surface area contributed by atoms with Crippen LogP contribution in [0.1, 0.15) is 21.6 Å². The van der Waals surface area contributed by atoms with Crippen LogP contribution in [-0.2, 0) is 17.5 Å². The van der Waals surface area contributed by atoms with Gasteiger partial charge in [-0.15, -0.1) is 0 Å². The highest BCUT2D eigenvalue weighted by Crippen LogP contribution is 2.33. The van der Waals surface area contributed by atoms with Crippen molar-refractivity contribution in [1.29, 1.82) is 0 Å². The third-order valence-electron chi connectivity index (χ3n) is 5.08. The van der Waals surface area contributed by atoms with Crippen LogP contribution in [0.2, 0.25) is 10.0 Å². The molecule has 0 unspecified atom stereocenters. The van der Waals surface area contributed by atoms with Gasteiger partial charge in [0.25, 0.3) is 5.91 Å². The Hall–Kier alpha value is -3.61. The fourth-order valence-electron chi connectivity index (χ4n) is 3.37. The lowest BCUT2D eigenvalue weighted by Gasteiger charge is -2.14. The van der Waals surface area contributed by atoms with Gasteiger partial charge in [0, 0.05) is 31.8 Å². The summed E-state index contributed by atoms with van der Waals surface area (Å²) in [5.41, 5.74) is 0.0787. The van der Waals surface area contributed by atoms with Crippen molar-refractivity contribution in [3.63, 3.8) is 0 Å². The first-order valence-electron chi connectivity index (χ1n) is 10.7. The number of H-pyrrole nitrogens is 1. The van der Waals surface area contributed by atoms with Gasteiger partial charge in [-0.25, -0.2) is 4.98 Å². The molecular weight excluding hydrogens is 536 g/mol. The van der Waals surface area contributed by atoms with E-state index in [1.807, 2.05) is 0 Å². The molecule has 0 saturated heterocycles. The number of hydrogen-bond donors (Lipinski definition) is 3. The second-order valence-corrected chi connectivity index (χ2v) is 8.39. The van der Waals surface area contributed by atoms with Gasteiger partial charge < -0.3 is 25.1 Å². The second-order valence-electron chi connectivity index (χ2n) is 7.57. The molecule has 0 aliphatic carbocycles. The van der Waals surface area contributed by atoms with E-state index in [1.165, 1.54) is 37.8 Å². The van der Waals surface area contributed by atoms with E-state index in [-0.39, 0.29) is 46.2 Å². The highest BCUT2D eigenvalue weighted by atomic mass is 35.5. The number of pyridine rings is 2. The zero-order valence-electron chi connectivity index (χ0n) is 19.1. The number of hydrogen-bond acceptors (Lipinski definition) is 7. The van der Waals surface area contributed by atoms with Gasteiger partial charge in [0.2, 0.25) is 5.95 Å².